The van der Waals surface area contributed by atoms with Crippen LogP contribution >= 0.6 is 27.5 Å². The molecule has 5 nitrogen and oxygen atoms in total. The Morgan fingerprint density at radius 1 is 1.09 bits per heavy atom. The molecule has 0 bridgehead atoms. The van der Waals surface area contributed by atoms with Crippen molar-refractivity contribution >= 4 is 51.2 Å². The molecule has 2 aromatic carbocycles. The summed E-state index contributed by atoms with van der Waals surface area (Å²) in [4.78, 5) is 23.4. The molecule has 0 aliphatic heterocycles. The van der Waals surface area contributed by atoms with Gasteiger partial charge in [0.2, 0.25) is 11.8 Å². The summed E-state index contributed by atoms with van der Waals surface area (Å²) in [6.07, 6.45) is 1.15. The molecule has 0 aliphatic rings. The summed E-state index contributed by atoms with van der Waals surface area (Å²) in [5, 5.41) is 6.78. The summed E-state index contributed by atoms with van der Waals surface area (Å²) in [5.74, 6) is -0.975. The van der Waals surface area contributed by atoms with E-state index >= 15 is 0 Å². The fraction of sp³-hybridized carbons (Fsp3) is 0.0625. The number of para-hydroxylation sites is 1. The topological polar surface area (TPSA) is 70.6 Å². The predicted octanol–water partition coefficient (Wildman–Crippen LogP) is 3.58. The highest BCUT2D eigenvalue weighted by atomic mass is 79.9. The van der Waals surface area contributed by atoms with E-state index in [0.717, 1.165) is 10.0 Å². The average Bonchev–Trinajstić information content (AvgIpc) is 2.51. The van der Waals surface area contributed by atoms with Crippen molar-refractivity contribution in [3.05, 3.63) is 63.6 Å². The molecule has 2 amide bonds. The smallest absolute Gasteiger partial charge is 0.249 e. The Morgan fingerprint density at radius 3 is 2.48 bits per heavy atom. The molecule has 2 aromatic rings. The molecule has 118 valence electrons. The fourth-order valence-electron chi connectivity index (χ4n) is 1.67. The van der Waals surface area contributed by atoms with Gasteiger partial charge in [-0.15, -0.1) is 0 Å². The van der Waals surface area contributed by atoms with E-state index in [9.17, 15) is 9.59 Å². The number of anilines is 1. The number of hydrazone groups is 1. The van der Waals surface area contributed by atoms with Crippen LogP contribution in [0.1, 0.15) is 12.0 Å². The number of carbonyl (C=O) groups is 2. The van der Waals surface area contributed by atoms with Crippen LogP contribution in [0.4, 0.5) is 5.69 Å². The fourth-order valence-corrected chi connectivity index (χ4v) is 2.12. The maximum absolute atomic E-state index is 11.8. The van der Waals surface area contributed by atoms with Crippen molar-refractivity contribution in [2.75, 3.05) is 5.32 Å². The maximum atomic E-state index is 11.8. The monoisotopic (exact) mass is 393 g/mol. The lowest BCUT2D eigenvalue weighted by Gasteiger charge is -2.06. The first kappa shape index (κ1) is 17.2. The number of hydrogen-bond donors (Lipinski definition) is 2. The molecule has 0 saturated heterocycles. The van der Waals surface area contributed by atoms with Gasteiger partial charge in [-0.1, -0.05) is 51.8 Å². The largest absolute Gasteiger partial charge is 0.324 e. The van der Waals surface area contributed by atoms with Gasteiger partial charge in [-0.25, -0.2) is 5.43 Å². The number of carbonyl (C=O) groups excluding carboxylic acids is 2. The lowest BCUT2D eigenvalue weighted by Crippen LogP contribution is -2.24. The van der Waals surface area contributed by atoms with Gasteiger partial charge in [0.05, 0.1) is 16.9 Å². The first-order valence-electron chi connectivity index (χ1n) is 6.66. The minimum atomic E-state index is -0.511. The van der Waals surface area contributed by atoms with Gasteiger partial charge in [0, 0.05) is 4.47 Å². The molecule has 0 atom stereocenters. The van der Waals surface area contributed by atoms with Crippen LogP contribution in [-0.4, -0.2) is 18.0 Å². The van der Waals surface area contributed by atoms with Crippen LogP contribution in [0.25, 0.3) is 0 Å². The van der Waals surface area contributed by atoms with Crippen molar-refractivity contribution in [3.63, 3.8) is 0 Å². The van der Waals surface area contributed by atoms with Gasteiger partial charge in [-0.05, 0) is 29.8 Å². The van der Waals surface area contributed by atoms with Crippen molar-refractivity contribution in [1.82, 2.24) is 5.43 Å². The normalized spacial score (nSPS) is 10.5. The zero-order chi connectivity index (χ0) is 16.7. The third-order valence-electron chi connectivity index (χ3n) is 2.74. The second kappa shape index (κ2) is 8.45. The molecule has 0 radical (unpaired) electrons. The number of benzene rings is 2. The zero-order valence-corrected chi connectivity index (χ0v) is 14.3. The quantitative estimate of drug-likeness (QED) is 0.462. The Hall–Kier alpha value is -2.18. The Labute approximate surface area is 146 Å². The second-order valence-electron chi connectivity index (χ2n) is 4.55. The SMILES string of the molecule is O=C(CC(=O)Nc1ccccc1Cl)NN=Cc1ccc(Br)cc1. The third-order valence-corrected chi connectivity index (χ3v) is 3.60. The molecule has 0 aromatic heterocycles. The van der Waals surface area contributed by atoms with Crippen molar-refractivity contribution in [2.45, 2.75) is 6.42 Å². The zero-order valence-electron chi connectivity index (χ0n) is 11.9. The Bertz CT molecular complexity index is 732. The van der Waals surface area contributed by atoms with Crippen LogP contribution in [-0.2, 0) is 9.59 Å². The predicted molar refractivity (Wildman–Crippen MR) is 94.6 cm³/mol. The van der Waals surface area contributed by atoms with Gasteiger partial charge >= 0.3 is 0 Å². The molecule has 0 unspecified atom stereocenters. The van der Waals surface area contributed by atoms with Gasteiger partial charge in [-0.2, -0.15) is 5.10 Å². The summed E-state index contributed by atoms with van der Waals surface area (Å²) in [6, 6.07) is 14.2. The average molecular weight is 395 g/mol. The Morgan fingerprint density at radius 2 is 1.78 bits per heavy atom. The number of nitrogens with one attached hydrogen (secondary N) is 2. The number of amides is 2. The molecular weight excluding hydrogens is 382 g/mol. The van der Waals surface area contributed by atoms with E-state index in [1.165, 1.54) is 6.21 Å². The third kappa shape index (κ3) is 5.84. The van der Waals surface area contributed by atoms with Crippen LogP contribution in [0.3, 0.4) is 0 Å². The summed E-state index contributed by atoms with van der Waals surface area (Å²) >= 11 is 9.25. The maximum Gasteiger partial charge on any atom is 0.249 e. The summed E-state index contributed by atoms with van der Waals surface area (Å²) < 4.78 is 0.954. The molecule has 2 rings (SSSR count). The Balaban J connectivity index is 1.81. The Kier molecular flexibility index (Phi) is 6.31. The van der Waals surface area contributed by atoms with Crippen molar-refractivity contribution in [2.24, 2.45) is 5.10 Å². The highest BCUT2D eigenvalue weighted by Crippen LogP contribution is 2.20. The van der Waals surface area contributed by atoms with Crippen molar-refractivity contribution in [1.29, 1.82) is 0 Å². The first-order valence-corrected chi connectivity index (χ1v) is 7.83. The van der Waals surface area contributed by atoms with Crippen LogP contribution in [0, 0.1) is 0 Å². The molecule has 0 saturated carbocycles. The molecule has 0 spiro atoms. The van der Waals surface area contributed by atoms with E-state index < -0.39 is 11.8 Å². The van der Waals surface area contributed by atoms with E-state index in [1.54, 1.807) is 24.3 Å². The van der Waals surface area contributed by atoms with Crippen LogP contribution in [0.2, 0.25) is 5.02 Å². The number of halogens is 2. The molecular formula is C16H13BrClN3O2. The summed E-state index contributed by atoms with van der Waals surface area (Å²) in [7, 11) is 0. The van der Waals surface area contributed by atoms with Crippen LogP contribution < -0.4 is 10.7 Å². The van der Waals surface area contributed by atoms with E-state index in [0.29, 0.717) is 10.7 Å². The molecule has 2 N–H and O–H groups in total. The van der Waals surface area contributed by atoms with E-state index in [-0.39, 0.29) is 6.42 Å². The van der Waals surface area contributed by atoms with Crippen LogP contribution in [0.5, 0.6) is 0 Å². The van der Waals surface area contributed by atoms with Crippen molar-refractivity contribution in [3.8, 4) is 0 Å². The van der Waals surface area contributed by atoms with Gasteiger partial charge in [0.25, 0.3) is 0 Å². The minimum Gasteiger partial charge on any atom is -0.324 e. The van der Waals surface area contributed by atoms with Gasteiger partial charge in [0.1, 0.15) is 6.42 Å². The molecule has 0 fully saturated rings. The lowest BCUT2D eigenvalue weighted by atomic mass is 10.2. The molecule has 23 heavy (non-hydrogen) atoms. The summed E-state index contributed by atoms with van der Waals surface area (Å²) in [5.41, 5.74) is 3.59. The number of nitrogens with zero attached hydrogens (tertiary/aromatic N) is 1. The van der Waals surface area contributed by atoms with Gasteiger partial charge < -0.3 is 5.32 Å². The van der Waals surface area contributed by atoms with Gasteiger partial charge in [0.15, 0.2) is 0 Å². The standard InChI is InChI=1S/C16H13BrClN3O2/c17-12-7-5-11(6-8-12)10-19-21-16(23)9-15(22)20-14-4-2-1-3-13(14)18/h1-8,10H,9H2,(H,20,22)(H,21,23). The van der Waals surface area contributed by atoms with E-state index in [4.69, 9.17) is 11.6 Å². The number of rotatable bonds is 5. The minimum absolute atomic E-state index is 0.344. The lowest BCUT2D eigenvalue weighted by molar-refractivity contribution is -0.126. The van der Waals surface area contributed by atoms with Crippen molar-refractivity contribution < 1.29 is 9.59 Å². The first-order chi connectivity index (χ1) is 11.0. The molecule has 0 aliphatic carbocycles. The molecule has 0 heterocycles. The van der Waals surface area contributed by atoms with E-state index in [2.05, 4.69) is 31.8 Å². The van der Waals surface area contributed by atoms with Gasteiger partial charge in [-0.3, -0.25) is 9.59 Å². The highest BCUT2D eigenvalue weighted by molar-refractivity contribution is 9.10. The number of hydrogen-bond acceptors (Lipinski definition) is 3. The highest BCUT2D eigenvalue weighted by Gasteiger charge is 2.10. The van der Waals surface area contributed by atoms with E-state index in [1.807, 2.05) is 24.3 Å². The second-order valence-corrected chi connectivity index (χ2v) is 5.87. The molecule has 7 heteroatoms. The van der Waals surface area contributed by atoms with Crippen LogP contribution in [0.15, 0.2) is 58.1 Å². The summed E-state index contributed by atoms with van der Waals surface area (Å²) in [6.45, 7) is 0.